The quantitative estimate of drug-likeness (QED) is 0.337. The van der Waals surface area contributed by atoms with Gasteiger partial charge in [0.25, 0.3) is 5.88 Å². The highest BCUT2D eigenvalue weighted by Gasteiger charge is 2.49. The van der Waals surface area contributed by atoms with Gasteiger partial charge >= 0.3 is 11.7 Å². The number of halogens is 1. The summed E-state index contributed by atoms with van der Waals surface area (Å²) in [5.41, 5.74) is 0.583. The third-order valence-electron chi connectivity index (χ3n) is 8.64. The Labute approximate surface area is 233 Å². The average molecular weight is 571 g/mol. The van der Waals surface area contributed by atoms with Crippen molar-refractivity contribution in [1.29, 1.82) is 0 Å². The fraction of sp³-hybridized carbons (Fsp3) is 0.500. The highest BCUT2D eigenvalue weighted by molar-refractivity contribution is 6.04. The van der Waals surface area contributed by atoms with Gasteiger partial charge in [-0.25, -0.2) is 9.59 Å². The first kappa shape index (κ1) is 27.5. The molecule has 41 heavy (non-hydrogen) atoms. The van der Waals surface area contributed by atoms with Crippen molar-refractivity contribution in [2.75, 3.05) is 6.54 Å². The summed E-state index contributed by atoms with van der Waals surface area (Å²) in [7, 11) is 0. The standard InChI is InChI=1S/C19H20N2O3.C9H11FN2O5/c22-18-10-21-12-5-11(18)6-13(21)8-14(7-12)24-19(23)16-9-20-17-4-2-1-3-15(16)17;1-3-5(13)6(14)8(17-3)12-2-4(10)7(15)11-9(12)16/h1-4,9,11-14,20H,5-8,10H2;2-3,5-6,8,13-14H,1H3,(H,11,15,16)/t11-,12+,13-,14+;3-,5-,6-,8-/m.1/s1. The molecule has 4 bridgehead atoms. The maximum absolute atomic E-state index is 13.1. The van der Waals surface area contributed by atoms with Crippen LogP contribution < -0.4 is 5.69 Å². The number of ketones is 1. The summed E-state index contributed by atoms with van der Waals surface area (Å²) < 4.78 is 24.7. The van der Waals surface area contributed by atoms with Crippen LogP contribution in [0.1, 0.15) is 49.2 Å². The highest BCUT2D eigenvalue weighted by Crippen LogP contribution is 2.42. The van der Waals surface area contributed by atoms with Gasteiger partial charge in [-0.15, -0.1) is 0 Å². The number of aromatic amines is 1. The van der Waals surface area contributed by atoms with E-state index < -0.39 is 41.9 Å². The molecule has 5 aliphatic rings. The van der Waals surface area contributed by atoms with Crippen molar-refractivity contribution in [2.24, 2.45) is 5.92 Å². The number of carbonyl (C=O) groups is 2. The van der Waals surface area contributed by atoms with E-state index in [0.717, 1.165) is 36.6 Å². The summed E-state index contributed by atoms with van der Waals surface area (Å²) >= 11 is 0. The Balaban J connectivity index is 0.000000158. The zero-order valence-corrected chi connectivity index (χ0v) is 22.2. The molecule has 4 N–H and O–H groups in total. The Bertz CT molecular complexity index is 1520. The number of aromatic nitrogens is 3. The first-order valence-electron chi connectivity index (χ1n) is 13.7. The monoisotopic (exact) mass is 570 g/mol. The molecule has 12 nitrogen and oxygen atoms in total. The molecule has 1 aromatic carbocycles. The molecule has 5 fully saturated rings. The predicted octanol–water partition coefficient (Wildman–Crippen LogP) is 1.25. The number of aromatic hydroxyl groups is 1. The Morgan fingerprint density at radius 2 is 1.83 bits per heavy atom. The van der Waals surface area contributed by atoms with Crippen molar-refractivity contribution >= 4 is 22.7 Å². The minimum absolute atomic E-state index is 0.0356. The molecule has 0 saturated carbocycles. The van der Waals surface area contributed by atoms with E-state index in [9.17, 15) is 29.0 Å². The zero-order valence-electron chi connectivity index (χ0n) is 22.2. The van der Waals surface area contributed by atoms with Gasteiger partial charge in [-0.3, -0.25) is 14.3 Å². The predicted molar refractivity (Wildman–Crippen MR) is 140 cm³/mol. The molecule has 8 rings (SSSR count). The Hall–Kier alpha value is -3.65. The number of Topliss-reactive ketones (excluding diaryl/α,β-unsaturated/α-hetero) is 1. The van der Waals surface area contributed by atoms with Crippen LogP contribution in [-0.2, 0) is 14.3 Å². The number of esters is 1. The van der Waals surface area contributed by atoms with Crippen molar-refractivity contribution in [3.63, 3.8) is 0 Å². The van der Waals surface area contributed by atoms with E-state index >= 15 is 0 Å². The van der Waals surface area contributed by atoms with Crippen molar-refractivity contribution in [3.05, 3.63) is 58.5 Å². The molecule has 13 heteroatoms. The number of piperidine rings is 4. The molecule has 0 radical (unpaired) electrons. The second-order valence-electron chi connectivity index (χ2n) is 11.2. The van der Waals surface area contributed by atoms with Gasteiger partial charge in [-0.05, 0) is 25.8 Å². The smallest absolute Gasteiger partial charge is 0.353 e. The summed E-state index contributed by atoms with van der Waals surface area (Å²) in [6.07, 6.45) is 1.50. The van der Waals surface area contributed by atoms with E-state index in [1.54, 1.807) is 6.20 Å². The van der Waals surface area contributed by atoms with Gasteiger partial charge in [-0.2, -0.15) is 9.37 Å². The molecule has 7 heterocycles. The lowest BCUT2D eigenvalue weighted by molar-refractivity contribution is -0.145. The molecule has 0 aliphatic carbocycles. The second-order valence-corrected chi connectivity index (χ2v) is 11.2. The van der Waals surface area contributed by atoms with Gasteiger partial charge in [0.15, 0.2) is 6.23 Å². The normalized spacial score (nSPS) is 33.9. The SMILES string of the molecule is C[C@H]1O[C@@H](n2cc(F)c(O)nc2=O)[C@H](O)[C@@H]1O.O=C(O[C@H]1C[C@@H]2C[C@@H]3C[C@H](C1)N2CC3=O)c1c[nH]c2ccccc12. The zero-order chi connectivity index (χ0) is 29.0. The lowest BCUT2D eigenvalue weighted by Gasteiger charge is -2.54. The number of hydrogen-bond acceptors (Lipinski definition) is 10. The fourth-order valence-corrected chi connectivity index (χ4v) is 6.55. The molecule has 218 valence electrons. The van der Waals surface area contributed by atoms with Crippen LogP contribution in [0.5, 0.6) is 5.88 Å². The number of rotatable bonds is 3. The molecular weight excluding hydrogens is 539 g/mol. The third-order valence-corrected chi connectivity index (χ3v) is 8.64. The molecule has 5 saturated heterocycles. The molecule has 1 unspecified atom stereocenters. The van der Waals surface area contributed by atoms with E-state index in [1.165, 1.54) is 6.92 Å². The number of aliphatic hydroxyl groups excluding tert-OH is 2. The van der Waals surface area contributed by atoms with E-state index in [4.69, 9.17) is 14.6 Å². The van der Waals surface area contributed by atoms with E-state index in [-0.39, 0.29) is 18.0 Å². The highest BCUT2D eigenvalue weighted by atomic mass is 19.1. The van der Waals surface area contributed by atoms with E-state index in [2.05, 4.69) is 14.9 Å². The number of nitrogens with one attached hydrogen (secondary N) is 1. The van der Waals surface area contributed by atoms with Crippen molar-refractivity contribution < 1.29 is 38.8 Å². The average Bonchev–Trinajstić information content (AvgIpc) is 3.48. The van der Waals surface area contributed by atoms with Crippen LogP contribution in [0.15, 0.2) is 41.5 Å². The van der Waals surface area contributed by atoms with Gasteiger partial charge < -0.3 is 29.8 Å². The first-order valence-corrected chi connectivity index (χ1v) is 13.7. The Kier molecular flexibility index (Phi) is 7.14. The van der Waals surface area contributed by atoms with Gasteiger partial charge in [0, 0.05) is 47.9 Å². The van der Waals surface area contributed by atoms with Crippen molar-refractivity contribution in [2.45, 2.75) is 75.3 Å². The molecule has 9 atom stereocenters. The van der Waals surface area contributed by atoms with Crippen molar-refractivity contribution in [3.8, 4) is 5.88 Å². The molecule has 3 aromatic rings. The Morgan fingerprint density at radius 3 is 2.49 bits per heavy atom. The number of fused-ring (bicyclic) bond motifs is 2. The minimum atomic E-state index is -1.37. The van der Waals surface area contributed by atoms with Crippen LogP contribution in [-0.4, -0.2) is 89.6 Å². The number of hydrogen-bond donors (Lipinski definition) is 4. The van der Waals surface area contributed by atoms with Gasteiger partial charge in [-0.1, -0.05) is 18.2 Å². The topological polar surface area (TPSA) is 167 Å². The van der Waals surface area contributed by atoms with Gasteiger partial charge in [0.2, 0.25) is 5.82 Å². The number of benzene rings is 1. The molecule has 0 spiro atoms. The van der Waals surface area contributed by atoms with Crippen LogP contribution in [0.2, 0.25) is 0 Å². The van der Waals surface area contributed by atoms with Crippen LogP contribution in [0, 0.1) is 11.7 Å². The maximum Gasteiger partial charge on any atom is 0.353 e. The second kappa shape index (κ2) is 10.6. The fourth-order valence-electron chi connectivity index (χ4n) is 6.55. The van der Waals surface area contributed by atoms with Crippen LogP contribution >= 0.6 is 0 Å². The van der Waals surface area contributed by atoms with Crippen LogP contribution in [0.25, 0.3) is 10.9 Å². The van der Waals surface area contributed by atoms with Gasteiger partial charge in [0.1, 0.15) is 24.1 Å². The molecule has 0 amide bonds. The minimum Gasteiger partial charge on any atom is -0.491 e. The lowest BCUT2D eigenvalue weighted by Crippen LogP contribution is -2.63. The van der Waals surface area contributed by atoms with Gasteiger partial charge in [0.05, 0.1) is 24.4 Å². The number of aliphatic hydroxyl groups is 2. The summed E-state index contributed by atoms with van der Waals surface area (Å²) in [4.78, 5) is 44.4. The van der Waals surface area contributed by atoms with E-state index in [0.29, 0.717) is 40.7 Å². The molecular formula is C28H31FN4O8. The number of nitrogens with zero attached hydrogens (tertiary/aromatic N) is 3. The number of H-pyrrole nitrogens is 1. The summed E-state index contributed by atoms with van der Waals surface area (Å²) in [5.74, 6) is -1.73. The Morgan fingerprint density at radius 1 is 1.12 bits per heavy atom. The molecule has 2 aromatic heterocycles. The van der Waals surface area contributed by atoms with Crippen molar-refractivity contribution in [1.82, 2.24) is 19.4 Å². The number of carbonyl (C=O) groups excluding carboxylic acids is 2. The summed E-state index contributed by atoms with van der Waals surface area (Å²) in [6.45, 7) is 2.10. The number of ether oxygens (including phenoxy) is 2. The van der Waals surface area contributed by atoms with E-state index in [1.807, 2.05) is 24.3 Å². The number of para-hydroxylation sites is 1. The summed E-state index contributed by atoms with van der Waals surface area (Å²) in [6, 6.07) is 8.58. The largest absolute Gasteiger partial charge is 0.491 e. The van der Waals surface area contributed by atoms with Crippen LogP contribution in [0.3, 0.4) is 0 Å². The summed E-state index contributed by atoms with van der Waals surface area (Å²) in [5, 5.41) is 28.9. The molecule has 5 aliphatic heterocycles. The lowest BCUT2D eigenvalue weighted by atomic mass is 9.72. The maximum atomic E-state index is 13.1. The van der Waals surface area contributed by atoms with Crippen LogP contribution in [0.4, 0.5) is 4.39 Å². The third kappa shape index (κ3) is 5.03. The first-order chi connectivity index (χ1) is 19.6.